The molecule has 2 fully saturated rings. The van der Waals surface area contributed by atoms with Gasteiger partial charge in [-0.15, -0.1) is 0 Å². The van der Waals surface area contributed by atoms with E-state index in [-0.39, 0.29) is 12.8 Å². The molecule has 112 valence electrons. The lowest BCUT2D eigenvalue weighted by Crippen LogP contribution is -2.55. The van der Waals surface area contributed by atoms with Crippen LogP contribution in [0, 0.1) is 17.3 Å². The van der Waals surface area contributed by atoms with E-state index in [1.807, 2.05) is 0 Å². The molecule has 4 atom stereocenters. The van der Waals surface area contributed by atoms with Crippen LogP contribution in [0.2, 0.25) is 0 Å². The molecular weight excluding hydrogens is 255 g/mol. The van der Waals surface area contributed by atoms with Gasteiger partial charge in [-0.2, -0.15) is 13.2 Å². The number of alkyl halides is 3. The van der Waals surface area contributed by atoms with Crippen molar-refractivity contribution in [2.24, 2.45) is 23.0 Å². The quantitative estimate of drug-likeness (QED) is 0.815. The normalized spacial score (nSPS) is 44.5. The summed E-state index contributed by atoms with van der Waals surface area (Å²) in [6, 6.07) is 0. The summed E-state index contributed by atoms with van der Waals surface area (Å²) < 4.78 is 38.8. The Morgan fingerprint density at radius 2 is 1.89 bits per heavy atom. The van der Waals surface area contributed by atoms with Crippen molar-refractivity contribution in [3.8, 4) is 0 Å². The summed E-state index contributed by atoms with van der Waals surface area (Å²) in [4.78, 5) is 0. The van der Waals surface area contributed by atoms with Gasteiger partial charge >= 0.3 is 6.18 Å². The molecule has 2 aliphatic carbocycles. The molecule has 19 heavy (non-hydrogen) atoms. The van der Waals surface area contributed by atoms with Gasteiger partial charge in [0.05, 0.1) is 11.5 Å². The van der Waals surface area contributed by atoms with Gasteiger partial charge in [0.25, 0.3) is 0 Å². The van der Waals surface area contributed by atoms with Gasteiger partial charge in [0.1, 0.15) is 0 Å². The largest absolute Gasteiger partial charge is 0.391 e. The van der Waals surface area contributed by atoms with Crippen LogP contribution in [0.15, 0.2) is 0 Å². The Labute approximate surface area is 112 Å². The minimum Gasteiger partial charge on any atom is -0.389 e. The molecule has 0 radical (unpaired) electrons. The second-order valence-corrected chi connectivity index (χ2v) is 6.70. The van der Waals surface area contributed by atoms with Crippen LogP contribution in [0.1, 0.15) is 51.9 Å². The molecule has 0 aromatic carbocycles. The van der Waals surface area contributed by atoms with Gasteiger partial charge in [0, 0.05) is 12.0 Å². The first-order valence-electron chi connectivity index (χ1n) is 7.22. The molecule has 0 bridgehead atoms. The fourth-order valence-electron chi connectivity index (χ4n) is 4.21. The van der Waals surface area contributed by atoms with Gasteiger partial charge in [0.15, 0.2) is 0 Å². The zero-order valence-corrected chi connectivity index (χ0v) is 11.5. The molecule has 0 spiro atoms. The maximum Gasteiger partial charge on any atom is 0.391 e. The number of rotatable bonds is 2. The number of hydrogen-bond acceptors (Lipinski definition) is 2. The molecule has 2 rings (SSSR count). The maximum atomic E-state index is 12.9. The van der Waals surface area contributed by atoms with E-state index < -0.39 is 23.1 Å². The maximum absolute atomic E-state index is 12.9. The van der Waals surface area contributed by atoms with Crippen LogP contribution in [0.25, 0.3) is 0 Å². The molecule has 5 heteroatoms. The number of aliphatic hydroxyl groups is 1. The second-order valence-electron chi connectivity index (χ2n) is 6.70. The smallest absolute Gasteiger partial charge is 0.389 e. The van der Waals surface area contributed by atoms with Gasteiger partial charge in [-0.05, 0) is 44.4 Å². The summed E-state index contributed by atoms with van der Waals surface area (Å²) >= 11 is 0. The highest BCUT2D eigenvalue weighted by atomic mass is 19.4. The first-order valence-corrected chi connectivity index (χ1v) is 7.22. The molecule has 2 nitrogen and oxygen atoms in total. The zero-order chi connectivity index (χ0) is 14.3. The summed E-state index contributed by atoms with van der Waals surface area (Å²) in [6.45, 7) is 2.38. The van der Waals surface area contributed by atoms with E-state index in [0.717, 1.165) is 19.3 Å². The zero-order valence-electron chi connectivity index (χ0n) is 11.5. The molecular formula is C14H24F3NO. The Morgan fingerprint density at radius 1 is 1.21 bits per heavy atom. The predicted octanol–water partition coefficient (Wildman–Crippen LogP) is 3.24. The topological polar surface area (TPSA) is 46.2 Å². The van der Waals surface area contributed by atoms with Crippen molar-refractivity contribution in [2.75, 3.05) is 6.54 Å². The van der Waals surface area contributed by atoms with Gasteiger partial charge < -0.3 is 10.8 Å². The van der Waals surface area contributed by atoms with Crippen molar-refractivity contribution in [1.82, 2.24) is 0 Å². The molecule has 0 aliphatic heterocycles. The van der Waals surface area contributed by atoms with E-state index in [2.05, 4.69) is 6.92 Å². The van der Waals surface area contributed by atoms with Crippen LogP contribution >= 0.6 is 0 Å². The fourth-order valence-corrected chi connectivity index (χ4v) is 4.21. The third kappa shape index (κ3) is 2.64. The first-order chi connectivity index (χ1) is 8.72. The Bertz CT molecular complexity index is 333. The van der Waals surface area contributed by atoms with Crippen LogP contribution in [0.3, 0.4) is 0 Å². The van der Waals surface area contributed by atoms with Crippen molar-refractivity contribution in [1.29, 1.82) is 0 Å². The van der Waals surface area contributed by atoms with E-state index >= 15 is 0 Å². The number of hydrogen-bond donors (Lipinski definition) is 2. The Balaban J connectivity index is 2.21. The highest BCUT2D eigenvalue weighted by molar-refractivity contribution is 5.06. The summed E-state index contributed by atoms with van der Waals surface area (Å²) in [5, 5.41) is 10.9. The van der Waals surface area contributed by atoms with Gasteiger partial charge in [0.2, 0.25) is 0 Å². The molecule has 0 aromatic rings. The Kier molecular flexibility index (Phi) is 3.91. The standard InChI is InChI=1S/C14H24F3NO/c1-10-4-6-12(7-10,9-18)13(19)5-2-3-11(8-13)14(15,16)17/h10-11,19H,2-9,18H2,1H3. The van der Waals surface area contributed by atoms with Crippen LogP contribution in [0.5, 0.6) is 0 Å². The Morgan fingerprint density at radius 3 is 2.37 bits per heavy atom. The monoisotopic (exact) mass is 279 g/mol. The fraction of sp³-hybridized carbons (Fsp3) is 1.00. The molecule has 3 N–H and O–H groups in total. The minimum absolute atomic E-state index is 0.141. The predicted molar refractivity (Wildman–Crippen MR) is 67.5 cm³/mol. The highest BCUT2D eigenvalue weighted by Gasteiger charge is 2.57. The molecule has 2 aliphatic rings. The number of nitrogens with two attached hydrogens (primary N) is 1. The van der Waals surface area contributed by atoms with E-state index in [0.29, 0.717) is 25.3 Å². The van der Waals surface area contributed by atoms with Crippen molar-refractivity contribution >= 4 is 0 Å². The number of halogens is 3. The van der Waals surface area contributed by atoms with Crippen molar-refractivity contribution in [3.05, 3.63) is 0 Å². The molecule has 2 saturated carbocycles. The SMILES string of the molecule is CC1CCC(CN)(C2(O)CCCC(C(F)(F)F)C2)C1. The van der Waals surface area contributed by atoms with Crippen LogP contribution < -0.4 is 5.73 Å². The summed E-state index contributed by atoms with van der Waals surface area (Å²) in [5.41, 5.74) is 4.13. The molecule has 0 amide bonds. The molecule has 0 aromatic heterocycles. The van der Waals surface area contributed by atoms with Crippen LogP contribution in [-0.2, 0) is 0 Å². The summed E-state index contributed by atoms with van der Waals surface area (Å²) in [5.74, 6) is -0.926. The van der Waals surface area contributed by atoms with E-state index in [1.165, 1.54) is 0 Å². The van der Waals surface area contributed by atoms with Crippen LogP contribution in [0.4, 0.5) is 13.2 Å². The minimum atomic E-state index is -4.20. The van der Waals surface area contributed by atoms with E-state index in [4.69, 9.17) is 5.73 Å². The average molecular weight is 279 g/mol. The van der Waals surface area contributed by atoms with Crippen molar-refractivity contribution in [2.45, 2.75) is 63.6 Å². The summed E-state index contributed by atoms with van der Waals surface area (Å²) in [6.07, 6.45) is -0.857. The molecule has 0 saturated heterocycles. The van der Waals surface area contributed by atoms with E-state index in [9.17, 15) is 18.3 Å². The molecule has 4 unspecified atom stereocenters. The Hall–Kier alpha value is -0.290. The average Bonchev–Trinajstić information content (AvgIpc) is 2.72. The van der Waals surface area contributed by atoms with E-state index in [1.54, 1.807) is 0 Å². The first kappa shape index (κ1) is 15.1. The lowest BCUT2D eigenvalue weighted by molar-refractivity contribution is -0.216. The van der Waals surface area contributed by atoms with Crippen molar-refractivity contribution in [3.63, 3.8) is 0 Å². The lowest BCUT2D eigenvalue weighted by Gasteiger charge is -2.49. The second kappa shape index (κ2) is 4.92. The summed E-state index contributed by atoms with van der Waals surface area (Å²) in [7, 11) is 0. The van der Waals surface area contributed by atoms with Gasteiger partial charge in [-0.1, -0.05) is 13.3 Å². The molecule has 0 heterocycles. The lowest BCUT2D eigenvalue weighted by atomic mass is 9.61. The van der Waals surface area contributed by atoms with Gasteiger partial charge in [-0.25, -0.2) is 0 Å². The van der Waals surface area contributed by atoms with Crippen LogP contribution in [-0.4, -0.2) is 23.4 Å². The highest BCUT2D eigenvalue weighted by Crippen LogP contribution is 2.56. The van der Waals surface area contributed by atoms with Crippen molar-refractivity contribution < 1.29 is 18.3 Å². The third-order valence-corrected chi connectivity index (χ3v) is 5.42. The third-order valence-electron chi connectivity index (χ3n) is 5.42. The van der Waals surface area contributed by atoms with Gasteiger partial charge in [-0.3, -0.25) is 0 Å².